The number of rotatable bonds is 5. The zero-order valence-electron chi connectivity index (χ0n) is 23.0. The Kier molecular flexibility index (Phi) is 6.22. The molecular formula is C37H24N3OPS. The molecule has 6 heteroatoms. The van der Waals surface area contributed by atoms with E-state index in [1.54, 1.807) is 0 Å². The molecule has 204 valence electrons. The summed E-state index contributed by atoms with van der Waals surface area (Å²) in [6.07, 6.45) is 0. The molecule has 2 aromatic heterocycles. The summed E-state index contributed by atoms with van der Waals surface area (Å²) in [5.74, 6) is 0. The summed E-state index contributed by atoms with van der Waals surface area (Å²) in [7, 11) is -3.07. The average Bonchev–Trinajstić information content (AvgIpc) is 3.59. The largest absolute Gasteiger partial charge is 0.309 e. The molecule has 0 saturated heterocycles. The zero-order chi connectivity index (χ0) is 28.8. The first-order chi connectivity index (χ1) is 21.2. The summed E-state index contributed by atoms with van der Waals surface area (Å²) in [6, 6.07) is 48.4. The topological polar surface area (TPSA) is 55.7 Å². The van der Waals surface area contributed by atoms with Gasteiger partial charge in [-0.15, -0.1) is 0 Å². The third-order valence-electron chi connectivity index (χ3n) is 8.03. The molecule has 0 saturated carbocycles. The van der Waals surface area contributed by atoms with E-state index in [0.717, 1.165) is 71.0 Å². The van der Waals surface area contributed by atoms with Crippen molar-refractivity contribution >= 4 is 67.5 Å². The van der Waals surface area contributed by atoms with Crippen molar-refractivity contribution < 1.29 is 4.57 Å². The lowest BCUT2D eigenvalue weighted by Crippen LogP contribution is -2.24. The minimum atomic E-state index is -3.07. The van der Waals surface area contributed by atoms with Gasteiger partial charge in [0.1, 0.15) is 11.0 Å². The second kappa shape index (κ2) is 10.4. The predicted octanol–water partition coefficient (Wildman–Crippen LogP) is 8.37. The molecule has 0 spiro atoms. The van der Waals surface area contributed by atoms with Gasteiger partial charge in [0.05, 0.1) is 22.9 Å². The number of hydrogen-bond acceptors (Lipinski definition) is 5. The summed E-state index contributed by atoms with van der Waals surface area (Å²) >= 11 is 1.22. The lowest BCUT2D eigenvalue weighted by molar-refractivity contribution is 0.592. The van der Waals surface area contributed by atoms with Gasteiger partial charge in [-0.2, -0.15) is 8.75 Å². The second-order valence-corrected chi connectivity index (χ2v) is 13.8. The molecule has 43 heavy (non-hydrogen) atoms. The number of hydrogen-bond donors (Lipinski definition) is 0. The first-order valence-electron chi connectivity index (χ1n) is 14.1. The quantitative estimate of drug-likeness (QED) is 0.150. The summed E-state index contributed by atoms with van der Waals surface area (Å²) in [6.45, 7) is 0. The van der Waals surface area contributed by atoms with E-state index < -0.39 is 7.14 Å². The van der Waals surface area contributed by atoms with Gasteiger partial charge in [0, 0.05) is 43.2 Å². The van der Waals surface area contributed by atoms with E-state index in [0.29, 0.717) is 0 Å². The van der Waals surface area contributed by atoms with Crippen LogP contribution in [0.1, 0.15) is 0 Å². The van der Waals surface area contributed by atoms with Crippen LogP contribution in [0.3, 0.4) is 0 Å². The smallest absolute Gasteiger partial charge is 0.171 e. The van der Waals surface area contributed by atoms with Crippen molar-refractivity contribution in [2.75, 3.05) is 0 Å². The van der Waals surface area contributed by atoms with Gasteiger partial charge >= 0.3 is 0 Å². The second-order valence-electron chi connectivity index (χ2n) is 10.5. The fraction of sp³-hybridized carbons (Fsp3) is 0. The first-order valence-corrected chi connectivity index (χ1v) is 16.5. The Hall–Kier alpha value is -4.96. The lowest BCUT2D eigenvalue weighted by atomic mass is 9.94. The molecule has 0 aliphatic rings. The normalized spacial score (nSPS) is 11.8. The predicted molar refractivity (Wildman–Crippen MR) is 180 cm³/mol. The van der Waals surface area contributed by atoms with Crippen LogP contribution in [0.25, 0.3) is 55.1 Å². The molecule has 0 unspecified atom stereocenters. The van der Waals surface area contributed by atoms with Crippen molar-refractivity contribution in [1.82, 2.24) is 13.7 Å². The first kappa shape index (κ1) is 25.7. The summed E-state index contributed by atoms with van der Waals surface area (Å²) in [5, 5.41) is 5.57. The maximum atomic E-state index is 14.9. The molecule has 8 aromatic rings. The van der Waals surface area contributed by atoms with E-state index in [4.69, 9.17) is 13.7 Å². The summed E-state index contributed by atoms with van der Waals surface area (Å²) in [5.41, 5.74) is 6.59. The monoisotopic (exact) mass is 589 g/mol. The van der Waals surface area contributed by atoms with Crippen LogP contribution in [0, 0.1) is 0 Å². The summed E-state index contributed by atoms with van der Waals surface area (Å²) < 4.78 is 24.5. The Balaban J connectivity index is 1.36. The van der Waals surface area contributed by atoms with Crippen LogP contribution < -0.4 is 15.9 Å². The zero-order valence-corrected chi connectivity index (χ0v) is 24.7. The molecule has 0 bridgehead atoms. The van der Waals surface area contributed by atoms with Gasteiger partial charge in [-0.05, 0) is 17.7 Å². The molecule has 0 fully saturated rings. The van der Waals surface area contributed by atoms with Crippen LogP contribution in [-0.4, -0.2) is 13.7 Å². The van der Waals surface area contributed by atoms with Crippen molar-refractivity contribution in [3.05, 3.63) is 146 Å². The highest BCUT2D eigenvalue weighted by molar-refractivity contribution is 7.85. The minimum Gasteiger partial charge on any atom is -0.309 e. The van der Waals surface area contributed by atoms with Gasteiger partial charge in [0.15, 0.2) is 7.14 Å². The number of para-hydroxylation sites is 1. The molecule has 0 radical (unpaired) electrons. The van der Waals surface area contributed by atoms with E-state index >= 15 is 0 Å². The average molecular weight is 590 g/mol. The van der Waals surface area contributed by atoms with Gasteiger partial charge in [-0.1, -0.05) is 133 Å². The molecule has 6 aromatic carbocycles. The van der Waals surface area contributed by atoms with Gasteiger partial charge in [-0.25, -0.2) is 4.98 Å². The van der Waals surface area contributed by atoms with Crippen LogP contribution in [0.2, 0.25) is 0 Å². The Bertz CT molecular complexity index is 2260. The SMILES string of the molecule is O=P(c1ccccc1)(c1ccccc1)c1ccc(-c2cc3c(-c4ccccc4)nc4ccccc4c3c3nsnc23)cc1. The number of fused-ring (bicyclic) bond motifs is 5. The van der Waals surface area contributed by atoms with Crippen LogP contribution >= 0.6 is 18.9 Å². The Morgan fingerprint density at radius 3 is 1.74 bits per heavy atom. The number of benzene rings is 6. The van der Waals surface area contributed by atoms with Gasteiger partial charge in [0.25, 0.3) is 0 Å². The third-order valence-corrected chi connectivity index (χ3v) is 11.6. The molecule has 0 aliphatic heterocycles. The molecule has 0 amide bonds. The highest BCUT2D eigenvalue weighted by atomic mass is 32.1. The van der Waals surface area contributed by atoms with Gasteiger partial charge < -0.3 is 4.57 Å². The van der Waals surface area contributed by atoms with Gasteiger partial charge in [-0.3, -0.25) is 0 Å². The maximum Gasteiger partial charge on any atom is 0.171 e. The van der Waals surface area contributed by atoms with Gasteiger partial charge in [0.2, 0.25) is 0 Å². The molecule has 0 aliphatic carbocycles. The van der Waals surface area contributed by atoms with Crippen molar-refractivity contribution in [2.45, 2.75) is 0 Å². The highest BCUT2D eigenvalue weighted by Crippen LogP contribution is 2.44. The van der Waals surface area contributed by atoms with Crippen molar-refractivity contribution in [3.8, 4) is 22.4 Å². The molecule has 2 heterocycles. The lowest BCUT2D eigenvalue weighted by Gasteiger charge is -2.20. The van der Waals surface area contributed by atoms with Crippen molar-refractivity contribution in [2.24, 2.45) is 0 Å². The van der Waals surface area contributed by atoms with Crippen LogP contribution in [0.4, 0.5) is 0 Å². The standard InChI is InChI=1S/C37H24N3OPS/c41-42(27-14-6-2-7-15-27,28-16-8-3-9-17-28)29-22-20-25(21-23-29)31-24-32-34(37-36(31)39-43-40-37)30-18-10-11-19-33(30)38-35(32)26-12-4-1-5-13-26/h1-24H. The molecule has 4 nitrogen and oxygen atoms in total. The van der Waals surface area contributed by atoms with E-state index in [1.165, 1.54) is 11.7 Å². The van der Waals surface area contributed by atoms with E-state index in [2.05, 4.69) is 42.5 Å². The molecule has 8 rings (SSSR count). The molecular weight excluding hydrogens is 565 g/mol. The van der Waals surface area contributed by atoms with Crippen molar-refractivity contribution in [3.63, 3.8) is 0 Å². The summed E-state index contributed by atoms with van der Waals surface area (Å²) in [4.78, 5) is 5.13. The third kappa shape index (κ3) is 4.20. The highest BCUT2D eigenvalue weighted by Gasteiger charge is 2.29. The van der Waals surface area contributed by atoms with Crippen LogP contribution in [-0.2, 0) is 4.57 Å². The number of pyridine rings is 1. The van der Waals surface area contributed by atoms with Crippen LogP contribution in [0.5, 0.6) is 0 Å². The van der Waals surface area contributed by atoms with E-state index in [9.17, 15) is 4.57 Å². The molecule has 0 N–H and O–H groups in total. The number of nitrogens with zero attached hydrogens (tertiary/aromatic N) is 3. The number of aromatic nitrogens is 3. The fourth-order valence-electron chi connectivity index (χ4n) is 5.97. The van der Waals surface area contributed by atoms with Crippen molar-refractivity contribution in [1.29, 1.82) is 0 Å². The Morgan fingerprint density at radius 1 is 0.512 bits per heavy atom. The van der Waals surface area contributed by atoms with Crippen LogP contribution in [0.15, 0.2) is 146 Å². The Morgan fingerprint density at radius 2 is 1.07 bits per heavy atom. The van der Waals surface area contributed by atoms with E-state index in [1.807, 2.05) is 103 Å². The molecule has 0 atom stereocenters. The Labute approximate surface area is 253 Å². The maximum absolute atomic E-state index is 14.9. The minimum absolute atomic E-state index is 0.791. The fourth-order valence-corrected chi connectivity index (χ4v) is 9.19. The van der Waals surface area contributed by atoms with E-state index in [-0.39, 0.29) is 0 Å².